The Morgan fingerprint density at radius 3 is 2.74 bits per heavy atom. The normalized spacial score (nSPS) is 15.8. The van der Waals surface area contributed by atoms with Crippen LogP contribution in [-0.2, 0) is 9.59 Å². The molecule has 1 aromatic heterocycles. The summed E-state index contributed by atoms with van der Waals surface area (Å²) in [6.07, 6.45) is 2.05. The van der Waals surface area contributed by atoms with Gasteiger partial charge in [0, 0.05) is 12.1 Å². The fourth-order valence-corrected chi connectivity index (χ4v) is 2.07. The average molecular weight is 262 g/mol. The summed E-state index contributed by atoms with van der Waals surface area (Å²) in [5.74, 6) is -0.738. The number of carbonyl (C=O) groups is 2. The first-order valence-electron chi connectivity index (χ1n) is 6.51. The van der Waals surface area contributed by atoms with Crippen LogP contribution in [0.2, 0.25) is 0 Å². The van der Waals surface area contributed by atoms with E-state index in [1.165, 1.54) is 0 Å². The van der Waals surface area contributed by atoms with Crippen molar-refractivity contribution in [3.05, 3.63) is 29.6 Å². The average Bonchev–Trinajstić information content (AvgIpc) is 3.17. The molecule has 1 heterocycles. The molecular formula is C14H18N2O3. The van der Waals surface area contributed by atoms with Crippen LogP contribution in [0.25, 0.3) is 0 Å². The number of nitrogens with zero attached hydrogens (tertiary/aromatic N) is 1. The summed E-state index contributed by atoms with van der Waals surface area (Å²) in [5, 5.41) is 11.5. The highest BCUT2D eigenvalue weighted by molar-refractivity contribution is 5.80. The lowest BCUT2D eigenvalue weighted by Crippen LogP contribution is -2.30. The number of carboxylic acids is 1. The number of hydrogen-bond donors (Lipinski definition) is 2. The zero-order valence-corrected chi connectivity index (χ0v) is 10.9. The fourth-order valence-electron chi connectivity index (χ4n) is 2.07. The Morgan fingerprint density at radius 1 is 1.42 bits per heavy atom. The van der Waals surface area contributed by atoms with Gasteiger partial charge < -0.3 is 10.4 Å². The second kappa shape index (κ2) is 5.82. The Bertz CT molecular complexity index is 483. The maximum absolute atomic E-state index is 11.7. The van der Waals surface area contributed by atoms with Gasteiger partial charge in [-0.25, -0.2) is 0 Å². The Hall–Kier alpha value is -1.91. The van der Waals surface area contributed by atoms with Gasteiger partial charge in [-0.3, -0.25) is 14.6 Å². The number of pyridine rings is 1. The molecule has 1 saturated carbocycles. The molecule has 1 atom stereocenters. The van der Waals surface area contributed by atoms with Crippen molar-refractivity contribution in [3.63, 3.8) is 0 Å². The first-order valence-corrected chi connectivity index (χ1v) is 6.51. The monoisotopic (exact) mass is 262 g/mol. The fraction of sp³-hybridized carbons (Fsp3) is 0.500. The van der Waals surface area contributed by atoms with Gasteiger partial charge in [-0.1, -0.05) is 6.07 Å². The molecule has 5 heteroatoms. The van der Waals surface area contributed by atoms with E-state index in [0.29, 0.717) is 5.92 Å². The summed E-state index contributed by atoms with van der Waals surface area (Å²) >= 11 is 0. The highest BCUT2D eigenvalue weighted by atomic mass is 16.4. The molecule has 0 saturated heterocycles. The predicted molar refractivity (Wildman–Crippen MR) is 69.5 cm³/mol. The summed E-state index contributed by atoms with van der Waals surface area (Å²) in [6.45, 7) is 1.92. The van der Waals surface area contributed by atoms with Crippen molar-refractivity contribution < 1.29 is 14.7 Å². The van der Waals surface area contributed by atoms with E-state index in [1.54, 1.807) is 0 Å². The molecule has 1 aliphatic rings. The van der Waals surface area contributed by atoms with Crippen LogP contribution in [0.5, 0.6) is 0 Å². The van der Waals surface area contributed by atoms with Gasteiger partial charge in [-0.15, -0.1) is 0 Å². The maximum Gasteiger partial charge on any atom is 0.303 e. The second-order valence-electron chi connectivity index (χ2n) is 4.98. The third-order valence-corrected chi connectivity index (χ3v) is 3.20. The van der Waals surface area contributed by atoms with E-state index in [0.717, 1.165) is 24.2 Å². The quantitative estimate of drug-likeness (QED) is 0.819. The predicted octanol–water partition coefficient (Wildman–Crippen LogP) is 1.82. The molecule has 1 aliphatic carbocycles. The number of hydrogen-bond acceptors (Lipinski definition) is 3. The van der Waals surface area contributed by atoms with E-state index in [4.69, 9.17) is 5.11 Å². The minimum absolute atomic E-state index is 0.0182. The van der Waals surface area contributed by atoms with Gasteiger partial charge in [-0.05, 0) is 37.8 Å². The number of nitrogens with one attached hydrogen (secondary N) is 1. The van der Waals surface area contributed by atoms with Crippen LogP contribution in [0.3, 0.4) is 0 Å². The summed E-state index contributed by atoms with van der Waals surface area (Å²) in [4.78, 5) is 26.7. The van der Waals surface area contributed by atoms with E-state index in [-0.39, 0.29) is 24.8 Å². The molecule has 0 unspecified atom stereocenters. The van der Waals surface area contributed by atoms with E-state index in [9.17, 15) is 9.59 Å². The molecule has 102 valence electrons. The number of rotatable bonds is 6. The first-order chi connectivity index (χ1) is 9.06. The lowest BCUT2D eigenvalue weighted by molar-refractivity contribution is -0.139. The number of aryl methyl sites for hydroxylation is 1. The topological polar surface area (TPSA) is 79.3 Å². The second-order valence-corrected chi connectivity index (χ2v) is 4.98. The highest BCUT2D eigenvalue weighted by Crippen LogP contribution is 2.40. The van der Waals surface area contributed by atoms with Crippen LogP contribution < -0.4 is 5.32 Å². The lowest BCUT2D eigenvalue weighted by Gasteiger charge is -2.18. The minimum Gasteiger partial charge on any atom is -0.481 e. The van der Waals surface area contributed by atoms with E-state index in [1.807, 2.05) is 25.1 Å². The van der Waals surface area contributed by atoms with Gasteiger partial charge in [0.15, 0.2) is 0 Å². The zero-order chi connectivity index (χ0) is 13.8. The number of carbonyl (C=O) groups excluding carboxylic acids is 1. The van der Waals surface area contributed by atoms with E-state index in [2.05, 4.69) is 10.3 Å². The van der Waals surface area contributed by atoms with Crippen molar-refractivity contribution in [2.75, 3.05) is 0 Å². The lowest BCUT2D eigenvalue weighted by atomic mass is 10.1. The molecule has 5 nitrogen and oxygen atoms in total. The number of aliphatic carboxylic acids is 1. The zero-order valence-electron chi connectivity index (χ0n) is 10.9. The van der Waals surface area contributed by atoms with Crippen molar-refractivity contribution in [3.8, 4) is 0 Å². The first kappa shape index (κ1) is 13.5. The van der Waals surface area contributed by atoms with Gasteiger partial charge >= 0.3 is 5.97 Å². The van der Waals surface area contributed by atoms with Crippen molar-refractivity contribution in [2.45, 2.75) is 38.6 Å². The summed E-state index contributed by atoms with van der Waals surface area (Å²) in [6, 6.07) is 5.67. The Balaban J connectivity index is 2.00. The maximum atomic E-state index is 11.7. The van der Waals surface area contributed by atoms with Gasteiger partial charge in [0.1, 0.15) is 0 Å². The molecule has 0 spiro atoms. The van der Waals surface area contributed by atoms with Crippen LogP contribution in [0, 0.1) is 12.8 Å². The molecule has 0 aromatic carbocycles. The Kier molecular flexibility index (Phi) is 4.14. The number of carboxylic acid groups (broad SMARTS) is 1. The molecular weight excluding hydrogens is 244 g/mol. The standard InChI is InChI=1S/C14H18N2O3/c1-9-3-2-4-11(15-9)14(10-5-6-10)16-12(17)7-8-13(18)19/h2-4,10,14H,5-8H2,1H3,(H,16,17)(H,18,19)/t14-/m0/s1. The van der Waals surface area contributed by atoms with Gasteiger partial charge in [0.25, 0.3) is 0 Å². The molecule has 0 bridgehead atoms. The van der Waals surface area contributed by atoms with Crippen LogP contribution in [-0.4, -0.2) is 22.0 Å². The molecule has 1 aromatic rings. The third-order valence-electron chi connectivity index (χ3n) is 3.20. The smallest absolute Gasteiger partial charge is 0.303 e. The van der Waals surface area contributed by atoms with Crippen molar-refractivity contribution >= 4 is 11.9 Å². The van der Waals surface area contributed by atoms with E-state index < -0.39 is 5.97 Å². The Morgan fingerprint density at radius 2 is 2.16 bits per heavy atom. The van der Waals surface area contributed by atoms with E-state index >= 15 is 0 Å². The Labute approximate surface area is 112 Å². The summed E-state index contributed by atoms with van der Waals surface area (Å²) in [7, 11) is 0. The number of amides is 1. The summed E-state index contributed by atoms with van der Waals surface area (Å²) in [5.41, 5.74) is 1.79. The van der Waals surface area contributed by atoms with Crippen LogP contribution in [0.1, 0.15) is 43.1 Å². The van der Waals surface area contributed by atoms with Crippen LogP contribution in [0.15, 0.2) is 18.2 Å². The number of aromatic nitrogens is 1. The molecule has 1 amide bonds. The molecule has 1 fully saturated rings. The van der Waals surface area contributed by atoms with Gasteiger partial charge in [-0.2, -0.15) is 0 Å². The molecule has 2 rings (SSSR count). The largest absolute Gasteiger partial charge is 0.481 e. The third kappa shape index (κ3) is 4.05. The van der Waals surface area contributed by atoms with Gasteiger partial charge in [0.05, 0.1) is 18.2 Å². The minimum atomic E-state index is -0.952. The molecule has 0 radical (unpaired) electrons. The SMILES string of the molecule is Cc1cccc([C@@H](NC(=O)CCC(=O)O)C2CC2)n1. The van der Waals surface area contributed by atoms with Crippen LogP contribution >= 0.6 is 0 Å². The highest BCUT2D eigenvalue weighted by Gasteiger charge is 2.34. The van der Waals surface area contributed by atoms with Gasteiger partial charge in [0.2, 0.25) is 5.91 Å². The molecule has 0 aliphatic heterocycles. The molecule has 19 heavy (non-hydrogen) atoms. The van der Waals surface area contributed by atoms with Crippen molar-refractivity contribution in [2.24, 2.45) is 5.92 Å². The van der Waals surface area contributed by atoms with Crippen molar-refractivity contribution in [1.82, 2.24) is 10.3 Å². The van der Waals surface area contributed by atoms with Crippen molar-refractivity contribution in [1.29, 1.82) is 0 Å². The van der Waals surface area contributed by atoms with Crippen LogP contribution in [0.4, 0.5) is 0 Å². The summed E-state index contributed by atoms with van der Waals surface area (Å²) < 4.78 is 0. The molecule has 2 N–H and O–H groups in total.